The first-order valence-corrected chi connectivity index (χ1v) is 10.7. The lowest BCUT2D eigenvalue weighted by atomic mass is 9.77. The zero-order valence-corrected chi connectivity index (χ0v) is 15.3. The van der Waals surface area contributed by atoms with E-state index in [-0.39, 0.29) is 6.04 Å². The van der Waals surface area contributed by atoms with E-state index >= 15 is 0 Å². The number of piperidine rings is 2. The van der Waals surface area contributed by atoms with Gasteiger partial charge in [-0.15, -0.1) is 0 Å². The van der Waals surface area contributed by atoms with Crippen LogP contribution in [0.4, 0.5) is 0 Å². The van der Waals surface area contributed by atoms with E-state index in [9.17, 15) is 8.42 Å². The first-order chi connectivity index (χ1) is 11.5. The van der Waals surface area contributed by atoms with E-state index < -0.39 is 10.0 Å². The summed E-state index contributed by atoms with van der Waals surface area (Å²) in [7, 11) is -1.42. The van der Waals surface area contributed by atoms with Crippen LogP contribution in [0.2, 0.25) is 0 Å². The molecule has 2 saturated heterocycles. The number of rotatable bonds is 2. The fraction of sp³-hybridized carbons (Fsp3) is 0.667. The zero-order valence-electron chi connectivity index (χ0n) is 14.4. The van der Waals surface area contributed by atoms with Crippen LogP contribution >= 0.6 is 0 Å². The Bertz CT molecular complexity index is 734. The maximum absolute atomic E-state index is 12.2. The highest BCUT2D eigenvalue weighted by Gasteiger charge is 2.44. The summed E-state index contributed by atoms with van der Waals surface area (Å²) in [5, 5.41) is 0. The molecule has 1 aromatic carbocycles. The first kappa shape index (κ1) is 16.4. The lowest BCUT2D eigenvalue weighted by molar-refractivity contribution is 0.0222. The summed E-state index contributed by atoms with van der Waals surface area (Å²) in [5.41, 5.74) is 2.72. The minimum Gasteiger partial charge on any atom is -0.497 e. The number of benzene rings is 1. The second-order valence-corrected chi connectivity index (χ2v) is 9.34. The number of hydrogen-bond donors (Lipinski definition) is 0. The van der Waals surface area contributed by atoms with Crippen molar-refractivity contribution >= 4 is 10.0 Å². The van der Waals surface area contributed by atoms with Gasteiger partial charge in [0, 0.05) is 31.7 Å². The molecule has 0 aromatic heterocycles. The summed E-state index contributed by atoms with van der Waals surface area (Å²) in [6, 6.07) is 6.85. The summed E-state index contributed by atoms with van der Waals surface area (Å²) in [5.74, 6) is 1.39. The second-order valence-electron chi connectivity index (χ2n) is 7.40. The van der Waals surface area contributed by atoms with Crippen molar-refractivity contribution in [3.63, 3.8) is 0 Å². The smallest absolute Gasteiger partial charge is 0.211 e. The van der Waals surface area contributed by atoms with Crippen molar-refractivity contribution in [1.82, 2.24) is 9.21 Å². The van der Waals surface area contributed by atoms with Crippen LogP contribution in [0.1, 0.15) is 36.4 Å². The maximum Gasteiger partial charge on any atom is 0.211 e. The van der Waals surface area contributed by atoms with Gasteiger partial charge in [-0.1, -0.05) is 6.07 Å². The van der Waals surface area contributed by atoms with Crippen molar-refractivity contribution in [2.24, 2.45) is 5.92 Å². The van der Waals surface area contributed by atoms with E-state index in [0.29, 0.717) is 18.5 Å². The van der Waals surface area contributed by atoms with Crippen molar-refractivity contribution in [2.75, 3.05) is 33.0 Å². The van der Waals surface area contributed by atoms with Crippen LogP contribution in [-0.2, 0) is 16.4 Å². The minimum atomic E-state index is -3.13. The fourth-order valence-electron chi connectivity index (χ4n) is 4.93. The van der Waals surface area contributed by atoms with Crippen molar-refractivity contribution in [2.45, 2.75) is 37.8 Å². The SMILES string of the molecule is COc1ccc2c(c1)CCN1C[C@@H]3CCCN(S(C)(=O)=O)[C@@H]3C[C@@H]21. The highest BCUT2D eigenvalue weighted by atomic mass is 32.2. The Morgan fingerprint density at radius 3 is 2.83 bits per heavy atom. The lowest BCUT2D eigenvalue weighted by Gasteiger charge is -2.51. The fourth-order valence-corrected chi connectivity index (χ4v) is 6.14. The first-order valence-electron chi connectivity index (χ1n) is 8.85. The Balaban J connectivity index is 1.66. The highest BCUT2D eigenvalue weighted by molar-refractivity contribution is 7.88. The summed E-state index contributed by atoms with van der Waals surface area (Å²) < 4.78 is 31.6. The van der Waals surface area contributed by atoms with Crippen LogP contribution in [0, 0.1) is 5.92 Å². The molecule has 5 nitrogen and oxygen atoms in total. The third kappa shape index (κ3) is 2.74. The molecule has 0 bridgehead atoms. The van der Waals surface area contributed by atoms with E-state index in [1.807, 2.05) is 6.07 Å². The molecule has 6 heteroatoms. The van der Waals surface area contributed by atoms with Crippen LogP contribution in [0.5, 0.6) is 5.75 Å². The van der Waals surface area contributed by atoms with E-state index in [2.05, 4.69) is 17.0 Å². The largest absolute Gasteiger partial charge is 0.497 e. The molecule has 0 amide bonds. The molecule has 2 fully saturated rings. The molecule has 24 heavy (non-hydrogen) atoms. The molecule has 0 radical (unpaired) electrons. The van der Waals surface area contributed by atoms with Crippen LogP contribution in [0.15, 0.2) is 18.2 Å². The van der Waals surface area contributed by atoms with Gasteiger partial charge in [-0.3, -0.25) is 4.90 Å². The molecule has 0 aliphatic carbocycles. The lowest BCUT2D eigenvalue weighted by Crippen LogP contribution is -2.57. The molecule has 4 rings (SSSR count). The molecular weight excluding hydrogens is 324 g/mol. The van der Waals surface area contributed by atoms with Gasteiger partial charge in [0.15, 0.2) is 0 Å². The third-order valence-electron chi connectivity index (χ3n) is 6.05. The van der Waals surface area contributed by atoms with Crippen LogP contribution in [-0.4, -0.2) is 56.7 Å². The molecule has 0 spiro atoms. The Kier molecular flexibility index (Phi) is 4.09. The number of nitrogens with zero attached hydrogens (tertiary/aromatic N) is 2. The van der Waals surface area contributed by atoms with Gasteiger partial charge in [0.25, 0.3) is 0 Å². The Hall–Kier alpha value is -1.11. The standard InChI is InChI=1S/C18H26N2O3S/c1-23-15-5-6-16-13(10-15)7-9-19-12-14-4-3-8-20(24(2,21)22)17(14)11-18(16)19/h5-6,10,14,17-18H,3-4,7-9,11-12H2,1-2H3/t14-,17+,18-/m0/s1. The van der Waals surface area contributed by atoms with Crippen molar-refractivity contribution in [3.8, 4) is 5.75 Å². The average molecular weight is 350 g/mol. The monoisotopic (exact) mass is 350 g/mol. The molecule has 132 valence electrons. The summed E-state index contributed by atoms with van der Waals surface area (Å²) in [4.78, 5) is 2.57. The van der Waals surface area contributed by atoms with Crippen LogP contribution < -0.4 is 4.74 Å². The van der Waals surface area contributed by atoms with Gasteiger partial charge in [0.05, 0.1) is 13.4 Å². The maximum atomic E-state index is 12.2. The molecular formula is C18H26N2O3S. The Morgan fingerprint density at radius 1 is 1.25 bits per heavy atom. The number of ether oxygens (including phenoxy) is 1. The van der Waals surface area contributed by atoms with Gasteiger partial charge in [0.2, 0.25) is 10.0 Å². The van der Waals surface area contributed by atoms with E-state index in [1.54, 1.807) is 11.4 Å². The number of fused-ring (bicyclic) bond motifs is 4. The van der Waals surface area contributed by atoms with Crippen LogP contribution in [0.25, 0.3) is 0 Å². The third-order valence-corrected chi connectivity index (χ3v) is 7.35. The second kappa shape index (κ2) is 6.00. The van der Waals surface area contributed by atoms with E-state index in [4.69, 9.17) is 4.74 Å². The van der Waals surface area contributed by atoms with Crippen molar-refractivity contribution in [3.05, 3.63) is 29.3 Å². The summed E-state index contributed by atoms with van der Waals surface area (Å²) in [6.45, 7) is 2.77. The Morgan fingerprint density at radius 2 is 2.08 bits per heavy atom. The molecule has 3 aliphatic heterocycles. The molecule has 3 heterocycles. The van der Waals surface area contributed by atoms with Gasteiger partial charge in [-0.2, -0.15) is 4.31 Å². The Labute approximate surface area is 144 Å². The zero-order chi connectivity index (χ0) is 16.9. The van der Waals surface area contributed by atoms with E-state index in [0.717, 1.165) is 44.5 Å². The quantitative estimate of drug-likeness (QED) is 0.819. The minimum absolute atomic E-state index is 0.156. The number of methoxy groups -OCH3 is 1. The molecule has 0 N–H and O–H groups in total. The molecule has 1 aromatic rings. The summed E-state index contributed by atoms with van der Waals surface area (Å²) >= 11 is 0. The van der Waals surface area contributed by atoms with Crippen molar-refractivity contribution in [1.29, 1.82) is 0 Å². The van der Waals surface area contributed by atoms with Gasteiger partial charge < -0.3 is 4.74 Å². The van der Waals surface area contributed by atoms with Gasteiger partial charge in [0.1, 0.15) is 5.75 Å². The topological polar surface area (TPSA) is 49.9 Å². The molecule has 3 aliphatic rings. The normalized spacial score (nSPS) is 31.0. The van der Waals surface area contributed by atoms with Gasteiger partial charge in [-0.05, 0) is 54.9 Å². The predicted octanol–water partition coefficient (Wildman–Crippen LogP) is 2.04. The highest BCUT2D eigenvalue weighted by Crippen LogP contribution is 2.43. The van der Waals surface area contributed by atoms with Crippen molar-refractivity contribution < 1.29 is 13.2 Å². The molecule has 0 saturated carbocycles. The van der Waals surface area contributed by atoms with E-state index in [1.165, 1.54) is 17.4 Å². The number of hydrogen-bond acceptors (Lipinski definition) is 4. The van der Waals surface area contributed by atoms with Crippen LogP contribution in [0.3, 0.4) is 0 Å². The van der Waals surface area contributed by atoms with Gasteiger partial charge >= 0.3 is 0 Å². The van der Waals surface area contributed by atoms with Gasteiger partial charge in [-0.25, -0.2) is 8.42 Å². The number of sulfonamides is 1. The molecule has 3 atom stereocenters. The predicted molar refractivity (Wildman–Crippen MR) is 93.7 cm³/mol. The average Bonchev–Trinajstić information content (AvgIpc) is 2.58. The summed E-state index contributed by atoms with van der Waals surface area (Å²) in [6.07, 6.45) is 5.46. The molecule has 0 unspecified atom stereocenters.